The normalized spacial score (nSPS) is 12.6. The van der Waals surface area contributed by atoms with Crippen molar-refractivity contribution in [3.63, 3.8) is 0 Å². The van der Waals surface area contributed by atoms with Gasteiger partial charge in [0.2, 0.25) is 0 Å². The smallest absolute Gasteiger partial charge is 0.305 e. The van der Waals surface area contributed by atoms with E-state index in [0.29, 0.717) is 0 Å². The Morgan fingerprint density at radius 1 is 1.00 bits per heavy atom. The molecule has 3 aromatic rings. The summed E-state index contributed by atoms with van der Waals surface area (Å²) >= 11 is 1.27. The van der Waals surface area contributed by atoms with E-state index in [1.807, 2.05) is 12.1 Å². The third-order valence-corrected chi connectivity index (χ3v) is 4.78. The molecule has 22 heavy (non-hydrogen) atoms. The second-order valence-electron chi connectivity index (χ2n) is 5.67. The van der Waals surface area contributed by atoms with E-state index < -0.39 is 0 Å². The topological polar surface area (TPSA) is 58.9 Å². The molecule has 3 rings (SSSR count). The van der Waals surface area contributed by atoms with Crippen molar-refractivity contribution >= 4 is 21.6 Å². The largest absolute Gasteiger partial charge is 0.328 e. The van der Waals surface area contributed by atoms with Crippen LogP contribution in [0.2, 0.25) is 0 Å². The van der Waals surface area contributed by atoms with Gasteiger partial charge >= 0.3 is 4.87 Å². The van der Waals surface area contributed by atoms with Gasteiger partial charge in [0.15, 0.2) is 0 Å². The standard InChI is InChI=1S/C18H20N2OS/c19-15(9-6-13-4-2-1-3-5-13)10-7-14-8-11-16-17(12-14)22-18(21)20-16/h1-5,8,11-12,15H,6-7,9-10,19H2,(H,20,21). The molecule has 0 spiro atoms. The van der Waals surface area contributed by atoms with Crippen molar-refractivity contribution in [2.45, 2.75) is 31.7 Å². The molecule has 0 aliphatic heterocycles. The van der Waals surface area contributed by atoms with Crippen LogP contribution in [0.4, 0.5) is 0 Å². The number of thiazole rings is 1. The summed E-state index contributed by atoms with van der Waals surface area (Å²) in [7, 11) is 0. The van der Waals surface area contributed by atoms with Gasteiger partial charge in [-0.05, 0) is 48.9 Å². The molecule has 3 N–H and O–H groups in total. The number of H-pyrrole nitrogens is 1. The van der Waals surface area contributed by atoms with E-state index in [4.69, 9.17) is 5.73 Å². The molecule has 114 valence electrons. The molecule has 0 saturated carbocycles. The van der Waals surface area contributed by atoms with Gasteiger partial charge in [-0.15, -0.1) is 0 Å². The first-order chi connectivity index (χ1) is 10.7. The fourth-order valence-corrected chi connectivity index (χ4v) is 3.44. The van der Waals surface area contributed by atoms with Gasteiger partial charge in [0.25, 0.3) is 0 Å². The lowest BCUT2D eigenvalue weighted by Gasteiger charge is -2.11. The Kier molecular flexibility index (Phi) is 4.71. The molecule has 0 aliphatic rings. The number of hydrogen-bond acceptors (Lipinski definition) is 3. The highest BCUT2D eigenvalue weighted by atomic mass is 32.1. The van der Waals surface area contributed by atoms with Crippen LogP contribution in [0, 0.1) is 0 Å². The summed E-state index contributed by atoms with van der Waals surface area (Å²) in [6.45, 7) is 0. The highest BCUT2D eigenvalue weighted by molar-refractivity contribution is 7.16. The number of nitrogens with one attached hydrogen (secondary N) is 1. The first-order valence-electron chi connectivity index (χ1n) is 7.62. The molecule has 0 bridgehead atoms. The number of aromatic nitrogens is 1. The molecule has 1 heterocycles. The van der Waals surface area contributed by atoms with Crippen molar-refractivity contribution < 1.29 is 0 Å². The molecule has 0 aliphatic carbocycles. The van der Waals surface area contributed by atoms with Crippen molar-refractivity contribution in [1.29, 1.82) is 0 Å². The zero-order chi connectivity index (χ0) is 15.4. The number of rotatable bonds is 6. The highest BCUT2D eigenvalue weighted by Gasteiger charge is 2.06. The number of fused-ring (bicyclic) bond motifs is 1. The lowest BCUT2D eigenvalue weighted by molar-refractivity contribution is 0.569. The average Bonchev–Trinajstić information content (AvgIpc) is 2.91. The average molecular weight is 312 g/mol. The van der Waals surface area contributed by atoms with Crippen LogP contribution in [0.5, 0.6) is 0 Å². The van der Waals surface area contributed by atoms with Crippen molar-refractivity contribution in [1.82, 2.24) is 4.98 Å². The van der Waals surface area contributed by atoms with Crippen molar-refractivity contribution in [3.8, 4) is 0 Å². The molecule has 4 heteroatoms. The van der Waals surface area contributed by atoms with Crippen LogP contribution >= 0.6 is 11.3 Å². The number of benzene rings is 2. The second-order valence-corrected chi connectivity index (χ2v) is 6.68. The summed E-state index contributed by atoms with van der Waals surface area (Å²) in [4.78, 5) is 14.2. The molecular weight excluding hydrogens is 292 g/mol. The van der Waals surface area contributed by atoms with Crippen molar-refractivity contribution in [2.24, 2.45) is 5.73 Å². The van der Waals surface area contributed by atoms with Crippen LogP contribution < -0.4 is 10.6 Å². The Bertz CT molecular complexity index is 791. The summed E-state index contributed by atoms with van der Waals surface area (Å²) < 4.78 is 1.03. The fraction of sp³-hybridized carbons (Fsp3) is 0.278. The predicted molar refractivity (Wildman–Crippen MR) is 93.5 cm³/mol. The molecule has 1 unspecified atom stereocenters. The van der Waals surface area contributed by atoms with Crippen LogP contribution in [0.3, 0.4) is 0 Å². The van der Waals surface area contributed by atoms with Gasteiger partial charge in [0.1, 0.15) is 0 Å². The van der Waals surface area contributed by atoms with Gasteiger partial charge in [0, 0.05) is 6.04 Å². The van der Waals surface area contributed by atoms with E-state index in [9.17, 15) is 4.79 Å². The van der Waals surface area contributed by atoms with Crippen LogP contribution in [-0.2, 0) is 12.8 Å². The third-order valence-electron chi connectivity index (χ3n) is 3.94. The minimum Gasteiger partial charge on any atom is -0.328 e. The van der Waals surface area contributed by atoms with Gasteiger partial charge in [-0.1, -0.05) is 47.7 Å². The van der Waals surface area contributed by atoms with Crippen LogP contribution in [-0.4, -0.2) is 11.0 Å². The summed E-state index contributed by atoms with van der Waals surface area (Å²) in [5, 5.41) is 0. The molecule has 1 aromatic heterocycles. The molecule has 0 fully saturated rings. The van der Waals surface area contributed by atoms with Crippen LogP contribution in [0.1, 0.15) is 24.0 Å². The Balaban J connectivity index is 1.53. The maximum Gasteiger partial charge on any atom is 0.305 e. The number of aryl methyl sites for hydroxylation is 2. The van der Waals surface area contributed by atoms with Gasteiger partial charge in [0.05, 0.1) is 10.2 Å². The number of nitrogens with two attached hydrogens (primary N) is 1. The van der Waals surface area contributed by atoms with E-state index >= 15 is 0 Å². The Hall–Kier alpha value is -1.91. The maximum atomic E-state index is 11.3. The van der Waals surface area contributed by atoms with E-state index in [1.165, 1.54) is 22.5 Å². The third kappa shape index (κ3) is 3.84. The molecule has 3 nitrogen and oxygen atoms in total. The van der Waals surface area contributed by atoms with E-state index in [1.54, 1.807) is 0 Å². The van der Waals surface area contributed by atoms with Crippen molar-refractivity contribution in [3.05, 3.63) is 69.3 Å². The summed E-state index contributed by atoms with van der Waals surface area (Å²) in [6, 6.07) is 16.8. The van der Waals surface area contributed by atoms with E-state index in [-0.39, 0.29) is 10.9 Å². The highest BCUT2D eigenvalue weighted by Crippen LogP contribution is 2.18. The Labute approximate surface area is 133 Å². The minimum atomic E-state index is 0.00622. The van der Waals surface area contributed by atoms with E-state index in [2.05, 4.69) is 41.4 Å². The first kappa shape index (κ1) is 15.0. The predicted octanol–water partition coefficient (Wildman–Crippen LogP) is 3.48. The first-order valence-corrected chi connectivity index (χ1v) is 8.43. The van der Waals surface area contributed by atoms with E-state index in [0.717, 1.165) is 35.9 Å². The molecular formula is C18H20N2OS. The number of hydrogen-bond donors (Lipinski definition) is 2. The number of aromatic amines is 1. The molecule has 2 aromatic carbocycles. The lowest BCUT2D eigenvalue weighted by atomic mass is 10.00. The van der Waals surface area contributed by atoms with Gasteiger partial charge in [-0.2, -0.15) is 0 Å². The quantitative estimate of drug-likeness (QED) is 0.732. The monoisotopic (exact) mass is 312 g/mol. The molecule has 0 amide bonds. The SMILES string of the molecule is NC(CCc1ccccc1)CCc1ccc2[nH]c(=O)sc2c1. The van der Waals surface area contributed by atoms with Crippen LogP contribution in [0.25, 0.3) is 10.2 Å². The molecule has 0 radical (unpaired) electrons. The molecule has 0 saturated heterocycles. The van der Waals surface area contributed by atoms with Gasteiger partial charge in [-0.25, -0.2) is 0 Å². The minimum absolute atomic E-state index is 0.00622. The maximum absolute atomic E-state index is 11.3. The lowest BCUT2D eigenvalue weighted by Crippen LogP contribution is -2.21. The fourth-order valence-electron chi connectivity index (χ4n) is 2.64. The second kappa shape index (κ2) is 6.90. The van der Waals surface area contributed by atoms with Crippen molar-refractivity contribution in [2.75, 3.05) is 0 Å². The summed E-state index contributed by atoms with van der Waals surface area (Å²) in [5.41, 5.74) is 9.75. The zero-order valence-corrected chi connectivity index (χ0v) is 13.2. The summed E-state index contributed by atoms with van der Waals surface area (Å²) in [6.07, 6.45) is 3.96. The molecule has 1 atom stereocenters. The van der Waals surface area contributed by atoms with Gasteiger partial charge in [-0.3, -0.25) is 4.79 Å². The zero-order valence-electron chi connectivity index (χ0n) is 12.4. The summed E-state index contributed by atoms with van der Waals surface area (Å²) in [5.74, 6) is 0. The Morgan fingerprint density at radius 2 is 1.73 bits per heavy atom. The van der Waals surface area contributed by atoms with Gasteiger partial charge < -0.3 is 10.7 Å². The Morgan fingerprint density at radius 3 is 2.50 bits per heavy atom. The van der Waals surface area contributed by atoms with Crippen LogP contribution in [0.15, 0.2) is 53.3 Å².